The summed E-state index contributed by atoms with van der Waals surface area (Å²) in [5.41, 5.74) is 1.13. The third-order valence-electron chi connectivity index (χ3n) is 3.12. The predicted molar refractivity (Wildman–Crippen MR) is 68.4 cm³/mol. The second kappa shape index (κ2) is 6.24. The van der Waals surface area contributed by atoms with E-state index in [1.807, 2.05) is 42.5 Å². The number of rotatable bonds is 4. The number of benzene rings is 1. The highest BCUT2D eigenvalue weighted by molar-refractivity contribution is 5.72. The first kappa shape index (κ1) is 11.9. The Hall–Kier alpha value is -1.57. The van der Waals surface area contributed by atoms with Crippen LogP contribution in [0.2, 0.25) is 0 Å². The largest absolute Gasteiger partial charge is 0.461 e. The number of carbonyl (C=O) groups is 1. The lowest BCUT2D eigenvalue weighted by Gasteiger charge is -2.07. The lowest BCUT2D eigenvalue weighted by atomic mass is 10.1. The van der Waals surface area contributed by atoms with Gasteiger partial charge in [-0.1, -0.05) is 49.2 Å². The van der Waals surface area contributed by atoms with Crippen LogP contribution in [0.5, 0.6) is 0 Å². The van der Waals surface area contributed by atoms with Crippen molar-refractivity contribution in [1.29, 1.82) is 0 Å². The van der Waals surface area contributed by atoms with Crippen LogP contribution < -0.4 is 0 Å². The zero-order chi connectivity index (χ0) is 11.9. The second-order valence-corrected chi connectivity index (χ2v) is 4.42. The van der Waals surface area contributed by atoms with Crippen LogP contribution in [0.1, 0.15) is 31.2 Å². The normalized spacial score (nSPS) is 16.5. The van der Waals surface area contributed by atoms with E-state index in [1.165, 1.54) is 12.8 Å². The fourth-order valence-corrected chi connectivity index (χ4v) is 2.16. The smallest absolute Gasteiger partial charge is 0.309 e. The lowest BCUT2D eigenvalue weighted by molar-refractivity contribution is -0.146. The van der Waals surface area contributed by atoms with E-state index in [2.05, 4.69) is 0 Å². The molecule has 0 amide bonds. The van der Waals surface area contributed by atoms with E-state index in [0.717, 1.165) is 18.4 Å². The highest BCUT2D eigenvalue weighted by Gasteiger charge is 2.23. The molecule has 1 aliphatic rings. The van der Waals surface area contributed by atoms with Crippen LogP contribution in [0.25, 0.3) is 6.08 Å². The Kier molecular flexibility index (Phi) is 4.37. The molecule has 2 rings (SSSR count). The van der Waals surface area contributed by atoms with Crippen molar-refractivity contribution in [2.24, 2.45) is 5.92 Å². The minimum Gasteiger partial charge on any atom is -0.461 e. The Morgan fingerprint density at radius 3 is 2.65 bits per heavy atom. The zero-order valence-electron chi connectivity index (χ0n) is 9.97. The first-order valence-electron chi connectivity index (χ1n) is 6.24. The molecule has 0 bridgehead atoms. The fourth-order valence-electron chi connectivity index (χ4n) is 2.16. The molecular weight excluding hydrogens is 212 g/mol. The molecule has 0 unspecified atom stereocenters. The predicted octanol–water partition coefficient (Wildman–Crippen LogP) is 3.43. The molecule has 2 nitrogen and oxygen atoms in total. The SMILES string of the molecule is O=C(OC/C=C/c1ccccc1)C1CCCC1. The van der Waals surface area contributed by atoms with Crippen LogP contribution in [0.15, 0.2) is 36.4 Å². The summed E-state index contributed by atoms with van der Waals surface area (Å²) in [6.07, 6.45) is 8.20. The topological polar surface area (TPSA) is 26.3 Å². The van der Waals surface area contributed by atoms with E-state index in [4.69, 9.17) is 4.74 Å². The maximum Gasteiger partial charge on any atom is 0.309 e. The van der Waals surface area contributed by atoms with Crippen LogP contribution >= 0.6 is 0 Å². The van der Waals surface area contributed by atoms with Gasteiger partial charge in [0, 0.05) is 0 Å². The van der Waals surface area contributed by atoms with E-state index < -0.39 is 0 Å². The fraction of sp³-hybridized carbons (Fsp3) is 0.400. The van der Waals surface area contributed by atoms with Gasteiger partial charge in [-0.05, 0) is 24.5 Å². The van der Waals surface area contributed by atoms with Crippen molar-refractivity contribution in [2.45, 2.75) is 25.7 Å². The van der Waals surface area contributed by atoms with Gasteiger partial charge >= 0.3 is 5.97 Å². The molecule has 0 aliphatic heterocycles. The summed E-state index contributed by atoms with van der Waals surface area (Å²) in [4.78, 5) is 11.6. The number of hydrogen-bond acceptors (Lipinski definition) is 2. The van der Waals surface area contributed by atoms with Crippen molar-refractivity contribution in [3.63, 3.8) is 0 Å². The van der Waals surface area contributed by atoms with E-state index in [0.29, 0.717) is 6.61 Å². The van der Waals surface area contributed by atoms with Gasteiger partial charge in [-0.3, -0.25) is 4.79 Å². The van der Waals surface area contributed by atoms with Crippen molar-refractivity contribution >= 4 is 12.0 Å². The summed E-state index contributed by atoms with van der Waals surface area (Å²) >= 11 is 0. The van der Waals surface area contributed by atoms with Crippen molar-refractivity contribution < 1.29 is 9.53 Å². The maximum atomic E-state index is 11.6. The van der Waals surface area contributed by atoms with Gasteiger partial charge in [0.1, 0.15) is 6.61 Å². The van der Waals surface area contributed by atoms with Gasteiger partial charge < -0.3 is 4.74 Å². The molecule has 2 heteroatoms. The monoisotopic (exact) mass is 230 g/mol. The molecule has 0 heterocycles. The molecular formula is C15H18O2. The average molecular weight is 230 g/mol. The van der Waals surface area contributed by atoms with Crippen molar-refractivity contribution in [3.05, 3.63) is 42.0 Å². The number of esters is 1. The highest BCUT2D eigenvalue weighted by Crippen LogP contribution is 2.25. The van der Waals surface area contributed by atoms with E-state index in [9.17, 15) is 4.79 Å². The molecule has 1 saturated carbocycles. The Labute approximate surface area is 102 Å². The first-order valence-corrected chi connectivity index (χ1v) is 6.24. The van der Waals surface area contributed by atoms with Crippen molar-refractivity contribution in [3.8, 4) is 0 Å². The molecule has 1 aliphatic carbocycles. The van der Waals surface area contributed by atoms with E-state index in [-0.39, 0.29) is 11.9 Å². The molecule has 1 aromatic rings. The molecule has 0 saturated heterocycles. The molecule has 0 N–H and O–H groups in total. The summed E-state index contributed by atoms with van der Waals surface area (Å²) in [7, 11) is 0. The Morgan fingerprint density at radius 2 is 1.94 bits per heavy atom. The van der Waals surface area contributed by atoms with Gasteiger partial charge in [0.05, 0.1) is 5.92 Å². The first-order chi connectivity index (χ1) is 8.36. The zero-order valence-corrected chi connectivity index (χ0v) is 9.97. The van der Waals surface area contributed by atoms with E-state index >= 15 is 0 Å². The summed E-state index contributed by atoms with van der Waals surface area (Å²) in [6, 6.07) is 10.0. The molecule has 0 aromatic heterocycles. The molecule has 17 heavy (non-hydrogen) atoms. The number of carbonyl (C=O) groups excluding carboxylic acids is 1. The van der Waals surface area contributed by atoms with Gasteiger partial charge in [0.25, 0.3) is 0 Å². The second-order valence-electron chi connectivity index (χ2n) is 4.42. The van der Waals surface area contributed by atoms with Crippen LogP contribution in [0.4, 0.5) is 0 Å². The molecule has 0 radical (unpaired) electrons. The summed E-state index contributed by atoms with van der Waals surface area (Å²) in [6.45, 7) is 0.379. The standard InChI is InChI=1S/C15H18O2/c16-15(14-10-4-5-11-14)17-12-6-9-13-7-2-1-3-8-13/h1-3,6-9,14H,4-5,10-12H2/b9-6+. The molecule has 0 atom stereocenters. The highest BCUT2D eigenvalue weighted by atomic mass is 16.5. The lowest BCUT2D eigenvalue weighted by Crippen LogP contribution is -2.14. The van der Waals surface area contributed by atoms with Crippen molar-refractivity contribution in [2.75, 3.05) is 6.61 Å². The van der Waals surface area contributed by atoms with Crippen LogP contribution in [-0.4, -0.2) is 12.6 Å². The maximum absolute atomic E-state index is 11.6. The van der Waals surface area contributed by atoms with Crippen LogP contribution in [0.3, 0.4) is 0 Å². The minimum absolute atomic E-state index is 0.0276. The molecule has 0 spiro atoms. The summed E-state index contributed by atoms with van der Waals surface area (Å²) in [5.74, 6) is 0.125. The van der Waals surface area contributed by atoms with E-state index in [1.54, 1.807) is 0 Å². The van der Waals surface area contributed by atoms with Gasteiger partial charge in [-0.2, -0.15) is 0 Å². The quantitative estimate of drug-likeness (QED) is 0.741. The van der Waals surface area contributed by atoms with Gasteiger partial charge in [0.15, 0.2) is 0 Å². The molecule has 1 fully saturated rings. The van der Waals surface area contributed by atoms with Crippen LogP contribution in [0, 0.1) is 5.92 Å². The van der Waals surface area contributed by atoms with Gasteiger partial charge in [-0.15, -0.1) is 0 Å². The molecule has 90 valence electrons. The molecule has 1 aromatic carbocycles. The Bertz CT molecular complexity index is 375. The van der Waals surface area contributed by atoms with Gasteiger partial charge in [0.2, 0.25) is 0 Å². The third kappa shape index (κ3) is 3.74. The van der Waals surface area contributed by atoms with Crippen LogP contribution in [-0.2, 0) is 9.53 Å². The summed E-state index contributed by atoms with van der Waals surface area (Å²) < 4.78 is 5.22. The Balaban J connectivity index is 1.72. The minimum atomic E-state index is -0.0276. The summed E-state index contributed by atoms with van der Waals surface area (Å²) in [5, 5.41) is 0. The van der Waals surface area contributed by atoms with Crippen molar-refractivity contribution in [1.82, 2.24) is 0 Å². The number of hydrogen-bond donors (Lipinski definition) is 0. The average Bonchev–Trinajstić information content (AvgIpc) is 2.89. The number of ether oxygens (including phenoxy) is 1. The third-order valence-corrected chi connectivity index (χ3v) is 3.12. The Morgan fingerprint density at radius 1 is 1.24 bits per heavy atom. The van der Waals surface area contributed by atoms with Gasteiger partial charge in [-0.25, -0.2) is 0 Å².